The maximum absolute atomic E-state index is 12.3. The molecule has 0 fully saturated rings. The number of amides is 1. The number of anilines is 1. The molecule has 0 aliphatic heterocycles. The van der Waals surface area contributed by atoms with E-state index in [1.54, 1.807) is 4.68 Å². The lowest BCUT2D eigenvalue weighted by atomic mass is 10.1. The molecular formula is C18H20N4OS. The number of aromatic nitrogens is 3. The number of hydrogen-bond acceptors (Lipinski definition) is 4. The number of carbonyl (C=O) groups excluding carboxylic acids is 1. The molecule has 3 rings (SSSR count). The van der Waals surface area contributed by atoms with E-state index in [1.165, 1.54) is 16.9 Å². The lowest BCUT2D eigenvalue weighted by Gasteiger charge is -2.03. The summed E-state index contributed by atoms with van der Waals surface area (Å²) in [7, 11) is 1.89. The van der Waals surface area contributed by atoms with Crippen molar-refractivity contribution in [3.8, 4) is 11.3 Å². The summed E-state index contributed by atoms with van der Waals surface area (Å²) in [6, 6.07) is 8.19. The zero-order valence-corrected chi connectivity index (χ0v) is 15.1. The zero-order chi connectivity index (χ0) is 17.3. The Morgan fingerprint density at radius 1 is 1.21 bits per heavy atom. The number of carbonyl (C=O) groups is 1. The maximum Gasteiger partial charge on any atom is 0.230 e. The maximum atomic E-state index is 12.3. The number of nitrogens with zero attached hydrogens (tertiary/aromatic N) is 3. The van der Waals surface area contributed by atoms with Crippen LogP contribution in [0.3, 0.4) is 0 Å². The first kappa shape index (κ1) is 16.4. The summed E-state index contributed by atoms with van der Waals surface area (Å²) in [5.74, 6) is -0.0704. The molecule has 1 N–H and O–H groups in total. The third-order valence-electron chi connectivity index (χ3n) is 4.09. The third-order valence-corrected chi connectivity index (χ3v) is 4.85. The highest BCUT2D eigenvalue weighted by Crippen LogP contribution is 2.25. The molecule has 0 unspecified atom stereocenters. The monoisotopic (exact) mass is 340 g/mol. The largest absolute Gasteiger partial charge is 0.302 e. The van der Waals surface area contributed by atoms with E-state index in [4.69, 9.17) is 0 Å². The quantitative estimate of drug-likeness (QED) is 0.788. The Morgan fingerprint density at radius 2 is 1.92 bits per heavy atom. The molecule has 0 radical (unpaired) electrons. The molecule has 1 aromatic carbocycles. The number of rotatable bonds is 4. The summed E-state index contributed by atoms with van der Waals surface area (Å²) in [6.45, 7) is 5.95. The lowest BCUT2D eigenvalue weighted by Crippen LogP contribution is -2.15. The fourth-order valence-corrected chi connectivity index (χ4v) is 3.32. The Bertz CT molecular complexity index is 877. The second-order valence-electron chi connectivity index (χ2n) is 5.90. The summed E-state index contributed by atoms with van der Waals surface area (Å²) in [4.78, 5) is 16.8. The van der Waals surface area contributed by atoms with Gasteiger partial charge in [-0.15, -0.1) is 11.3 Å². The van der Waals surface area contributed by atoms with Crippen molar-refractivity contribution in [3.63, 3.8) is 0 Å². The van der Waals surface area contributed by atoms with E-state index in [1.807, 2.05) is 38.4 Å². The molecule has 0 spiro atoms. The average molecular weight is 340 g/mol. The topological polar surface area (TPSA) is 59.8 Å². The van der Waals surface area contributed by atoms with Crippen molar-refractivity contribution < 1.29 is 4.79 Å². The standard InChI is InChI=1S/C18H20N4OS/c1-11-5-7-14(8-6-11)16-10-24-18(19-16)20-17(23)9-15-12(2)21-22(4)13(15)3/h5-8,10H,9H2,1-4H3,(H,19,20,23). The molecule has 0 aliphatic carbocycles. The molecule has 0 bridgehead atoms. The first-order valence-corrected chi connectivity index (χ1v) is 8.63. The molecular weight excluding hydrogens is 320 g/mol. The molecule has 1 amide bonds. The SMILES string of the molecule is Cc1ccc(-c2csc(NC(=O)Cc3c(C)nn(C)c3C)n2)cc1. The Labute approximate surface area is 145 Å². The summed E-state index contributed by atoms with van der Waals surface area (Å²) in [5, 5.41) is 9.81. The van der Waals surface area contributed by atoms with Gasteiger partial charge < -0.3 is 5.32 Å². The van der Waals surface area contributed by atoms with Gasteiger partial charge in [0.1, 0.15) is 0 Å². The van der Waals surface area contributed by atoms with Gasteiger partial charge in [-0.3, -0.25) is 9.48 Å². The van der Waals surface area contributed by atoms with Crippen LogP contribution in [0.4, 0.5) is 5.13 Å². The molecule has 5 nitrogen and oxygen atoms in total. The van der Waals surface area contributed by atoms with Crippen LogP contribution in [0.1, 0.15) is 22.5 Å². The van der Waals surface area contributed by atoms with Gasteiger partial charge in [0.25, 0.3) is 0 Å². The zero-order valence-electron chi connectivity index (χ0n) is 14.3. The number of thiazole rings is 1. The van der Waals surface area contributed by atoms with E-state index >= 15 is 0 Å². The van der Waals surface area contributed by atoms with E-state index < -0.39 is 0 Å². The van der Waals surface area contributed by atoms with Crippen molar-refractivity contribution >= 4 is 22.4 Å². The minimum Gasteiger partial charge on any atom is -0.302 e. The van der Waals surface area contributed by atoms with Gasteiger partial charge in [0.15, 0.2) is 5.13 Å². The van der Waals surface area contributed by atoms with Gasteiger partial charge in [-0.1, -0.05) is 29.8 Å². The fraction of sp³-hybridized carbons (Fsp3) is 0.278. The molecule has 0 atom stereocenters. The molecule has 24 heavy (non-hydrogen) atoms. The van der Waals surface area contributed by atoms with E-state index in [0.717, 1.165) is 28.2 Å². The molecule has 0 aliphatic rings. The second-order valence-corrected chi connectivity index (χ2v) is 6.76. The average Bonchev–Trinajstić information content (AvgIpc) is 3.09. The molecule has 124 valence electrons. The second kappa shape index (κ2) is 6.57. The predicted octanol–water partition coefficient (Wildman–Crippen LogP) is 3.65. The molecule has 0 saturated heterocycles. The highest BCUT2D eigenvalue weighted by molar-refractivity contribution is 7.14. The minimum absolute atomic E-state index is 0.0704. The smallest absolute Gasteiger partial charge is 0.230 e. The van der Waals surface area contributed by atoms with Crippen LogP contribution in [-0.2, 0) is 18.3 Å². The third kappa shape index (κ3) is 3.38. The highest BCUT2D eigenvalue weighted by atomic mass is 32.1. The van der Waals surface area contributed by atoms with Gasteiger partial charge in [-0.05, 0) is 20.8 Å². The summed E-state index contributed by atoms with van der Waals surface area (Å²) >= 11 is 1.44. The Kier molecular flexibility index (Phi) is 4.49. The van der Waals surface area contributed by atoms with Gasteiger partial charge in [-0.25, -0.2) is 4.98 Å². The van der Waals surface area contributed by atoms with Gasteiger partial charge >= 0.3 is 0 Å². The number of aryl methyl sites for hydroxylation is 3. The molecule has 2 heterocycles. The van der Waals surface area contributed by atoms with Crippen LogP contribution in [0, 0.1) is 20.8 Å². The van der Waals surface area contributed by atoms with Crippen molar-refractivity contribution in [2.45, 2.75) is 27.2 Å². The van der Waals surface area contributed by atoms with E-state index in [-0.39, 0.29) is 5.91 Å². The summed E-state index contributed by atoms with van der Waals surface area (Å²) in [6.07, 6.45) is 0.310. The summed E-state index contributed by atoms with van der Waals surface area (Å²) < 4.78 is 1.80. The molecule has 2 aromatic heterocycles. The predicted molar refractivity (Wildman–Crippen MR) is 97.3 cm³/mol. The first-order chi connectivity index (χ1) is 11.4. The Hall–Kier alpha value is -2.47. The number of benzene rings is 1. The van der Waals surface area contributed by atoms with Crippen molar-refractivity contribution in [3.05, 3.63) is 52.2 Å². The number of nitrogens with one attached hydrogen (secondary N) is 1. The van der Waals surface area contributed by atoms with Gasteiger partial charge in [0, 0.05) is 29.2 Å². The van der Waals surface area contributed by atoms with Crippen LogP contribution >= 0.6 is 11.3 Å². The van der Waals surface area contributed by atoms with Gasteiger partial charge in [0.2, 0.25) is 5.91 Å². The fourth-order valence-electron chi connectivity index (χ4n) is 2.59. The number of hydrogen-bond donors (Lipinski definition) is 1. The van der Waals surface area contributed by atoms with Crippen molar-refractivity contribution in [2.24, 2.45) is 7.05 Å². The van der Waals surface area contributed by atoms with Crippen molar-refractivity contribution in [1.29, 1.82) is 0 Å². The first-order valence-electron chi connectivity index (χ1n) is 7.75. The van der Waals surface area contributed by atoms with Crippen LogP contribution < -0.4 is 5.32 Å². The van der Waals surface area contributed by atoms with Crippen LogP contribution in [-0.4, -0.2) is 20.7 Å². The summed E-state index contributed by atoms with van der Waals surface area (Å²) in [5.41, 5.74) is 6.03. The minimum atomic E-state index is -0.0704. The van der Waals surface area contributed by atoms with Crippen LogP contribution in [0.2, 0.25) is 0 Å². The van der Waals surface area contributed by atoms with Crippen LogP contribution in [0.15, 0.2) is 29.6 Å². The van der Waals surface area contributed by atoms with Crippen LogP contribution in [0.25, 0.3) is 11.3 Å². The van der Waals surface area contributed by atoms with Crippen LogP contribution in [0.5, 0.6) is 0 Å². The Morgan fingerprint density at radius 3 is 2.54 bits per heavy atom. The van der Waals surface area contributed by atoms with Crippen molar-refractivity contribution in [1.82, 2.24) is 14.8 Å². The van der Waals surface area contributed by atoms with Crippen molar-refractivity contribution in [2.75, 3.05) is 5.32 Å². The van der Waals surface area contributed by atoms with E-state index in [9.17, 15) is 4.79 Å². The Balaban J connectivity index is 1.70. The molecule has 3 aromatic rings. The lowest BCUT2D eigenvalue weighted by molar-refractivity contribution is -0.115. The molecule has 0 saturated carbocycles. The van der Waals surface area contributed by atoms with E-state index in [2.05, 4.69) is 34.5 Å². The van der Waals surface area contributed by atoms with Gasteiger partial charge in [-0.2, -0.15) is 5.10 Å². The normalized spacial score (nSPS) is 10.8. The van der Waals surface area contributed by atoms with E-state index in [0.29, 0.717) is 11.6 Å². The molecule has 6 heteroatoms. The highest BCUT2D eigenvalue weighted by Gasteiger charge is 2.15. The van der Waals surface area contributed by atoms with Gasteiger partial charge in [0.05, 0.1) is 17.8 Å².